The molecule has 0 radical (unpaired) electrons. The molecule has 1 heterocycles. The maximum atomic E-state index is 13.0. The fraction of sp³-hybridized carbons (Fsp3) is 0.333. The molecule has 0 amide bonds. The fourth-order valence-corrected chi connectivity index (χ4v) is 4.56. The third-order valence-electron chi connectivity index (χ3n) is 4.39. The van der Waals surface area contributed by atoms with E-state index in [2.05, 4.69) is 4.90 Å². The number of halogens is 2. The fourth-order valence-electron chi connectivity index (χ4n) is 2.93. The predicted molar refractivity (Wildman–Crippen MR) is 96.8 cm³/mol. The highest BCUT2D eigenvalue weighted by Crippen LogP contribution is 2.18. The van der Waals surface area contributed by atoms with Gasteiger partial charge in [-0.05, 0) is 48.4 Å². The number of rotatable bonds is 5. The van der Waals surface area contributed by atoms with Crippen molar-refractivity contribution in [2.75, 3.05) is 32.7 Å². The number of hydrogen-bond acceptors (Lipinski definition) is 3. The summed E-state index contributed by atoms with van der Waals surface area (Å²) in [4.78, 5) is 2.39. The molecular formula is C18H20ClFN2O2S. The van der Waals surface area contributed by atoms with Gasteiger partial charge in [-0.1, -0.05) is 23.7 Å². The van der Waals surface area contributed by atoms with Crippen LogP contribution in [0.3, 0.4) is 0 Å². The van der Waals surface area contributed by atoms with Gasteiger partial charge >= 0.3 is 0 Å². The van der Waals surface area contributed by atoms with Crippen molar-refractivity contribution in [3.8, 4) is 0 Å². The highest BCUT2D eigenvalue weighted by atomic mass is 35.5. The van der Waals surface area contributed by atoms with E-state index >= 15 is 0 Å². The molecule has 3 rings (SSSR count). The van der Waals surface area contributed by atoms with Gasteiger partial charge in [0.05, 0.1) is 4.90 Å². The monoisotopic (exact) mass is 382 g/mol. The zero-order valence-electron chi connectivity index (χ0n) is 13.7. The van der Waals surface area contributed by atoms with E-state index in [0.29, 0.717) is 26.2 Å². The number of nitrogens with zero attached hydrogens (tertiary/aromatic N) is 2. The van der Waals surface area contributed by atoms with Gasteiger partial charge in [-0.2, -0.15) is 4.31 Å². The Morgan fingerprint density at radius 3 is 2.32 bits per heavy atom. The molecule has 134 valence electrons. The van der Waals surface area contributed by atoms with Gasteiger partial charge in [0.2, 0.25) is 10.0 Å². The number of hydrogen-bond donors (Lipinski definition) is 0. The van der Waals surface area contributed by atoms with Crippen LogP contribution in [0, 0.1) is 5.82 Å². The van der Waals surface area contributed by atoms with Crippen molar-refractivity contribution in [2.45, 2.75) is 11.3 Å². The Balaban J connectivity index is 1.55. The molecule has 0 saturated carbocycles. The molecule has 0 atom stereocenters. The predicted octanol–water partition coefficient (Wildman–Crippen LogP) is 3.03. The molecule has 25 heavy (non-hydrogen) atoms. The van der Waals surface area contributed by atoms with Crippen LogP contribution in [0.5, 0.6) is 0 Å². The van der Waals surface area contributed by atoms with Crippen LogP contribution in [-0.2, 0) is 16.4 Å². The third-order valence-corrected chi connectivity index (χ3v) is 6.54. The molecule has 1 aliphatic heterocycles. The van der Waals surface area contributed by atoms with Crippen molar-refractivity contribution in [1.29, 1.82) is 0 Å². The molecule has 0 aromatic heterocycles. The molecular weight excluding hydrogens is 363 g/mol. The molecule has 1 saturated heterocycles. The standard InChI is InChI=1S/C18H20ClFN2O2S/c19-16-3-1-2-15(14-16)8-9-21-10-12-22(13-11-21)25(23,24)18-6-4-17(20)5-7-18/h1-7,14H,8-13H2. The summed E-state index contributed by atoms with van der Waals surface area (Å²) in [6.45, 7) is 3.11. The molecule has 1 fully saturated rings. The zero-order valence-corrected chi connectivity index (χ0v) is 15.3. The molecule has 2 aromatic rings. The minimum Gasteiger partial charge on any atom is -0.300 e. The molecule has 1 aliphatic rings. The quantitative estimate of drug-likeness (QED) is 0.798. The van der Waals surface area contributed by atoms with Gasteiger partial charge in [-0.3, -0.25) is 0 Å². The third kappa shape index (κ3) is 4.58. The first-order valence-electron chi connectivity index (χ1n) is 8.18. The van der Waals surface area contributed by atoms with Crippen molar-refractivity contribution >= 4 is 21.6 Å². The number of sulfonamides is 1. The molecule has 4 nitrogen and oxygen atoms in total. The Morgan fingerprint density at radius 1 is 1.00 bits per heavy atom. The van der Waals surface area contributed by atoms with E-state index in [1.807, 2.05) is 24.3 Å². The molecule has 0 N–H and O–H groups in total. The van der Waals surface area contributed by atoms with Crippen LogP contribution < -0.4 is 0 Å². The van der Waals surface area contributed by atoms with Crippen molar-refractivity contribution in [3.05, 3.63) is 64.9 Å². The Bertz CT molecular complexity index is 819. The zero-order chi connectivity index (χ0) is 17.9. The lowest BCUT2D eigenvalue weighted by Crippen LogP contribution is -2.48. The summed E-state index contributed by atoms with van der Waals surface area (Å²) in [5, 5.41) is 0.729. The van der Waals surface area contributed by atoms with Gasteiger partial charge in [0, 0.05) is 37.7 Å². The first-order valence-corrected chi connectivity index (χ1v) is 9.99. The summed E-state index contributed by atoms with van der Waals surface area (Å²) < 4.78 is 39.6. The molecule has 0 unspecified atom stereocenters. The second kappa shape index (κ2) is 7.83. The second-order valence-electron chi connectivity index (χ2n) is 6.08. The van der Waals surface area contributed by atoms with E-state index in [-0.39, 0.29) is 4.90 Å². The van der Waals surface area contributed by atoms with Gasteiger partial charge in [0.15, 0.2) is 0 Å². The van der Waals surface area contributed by atoms with Crippen LogP contribution in [0.2, 0.25) is 5.02 Å². The average molecular weight is 383 g/mol. The van der Waals surface area contributed by atoms with Crippen molar-refractivity contribution in [2.24, 2.45) is 0 Å². The number of piperazine rings is 1. The van der Waals surface area contributed by atoms with Crippen LogP contribution in [0.25, 0.3) is 0 Å². The molecule has 0 aliphatic carbocycles. The molecule has 0 bridgehead atoms. The minimum atomic E-state index is -3.55. The Hall–Kier alpha value is -1.47. The van der Waals surface area contributed by atoms with E-state index in [4.69, 9.17) is 11.6 Å². The number of benzene rings is 2. The van der Waals surface area contributed by atoms with Gasteiger partial charge in [0.1, 0.15) is 5.82 Å². The van der Waals surface area contributed by atoms with E-state index < -0.39 is 15.8 Å². The molecule has 2 aromatic carbocycles. The lowest BCUT2D eigenvalue weighted by Gasteiger charge is -2.34. The highest BCUT2D eigenvalue weighted by Gasteiger charge is 2.28. The lowest BCUT2D eigenvalue weighted by atomic mass is 10.1. The van der Waals surface area contributed by atoms with Crippen molar-refractivity contribution < 1.29 is 12.8 Å². The van der Waals surface area contributed by atoms with Gasteiger partial charge in [0.25, 0.3) is 0 Å². The largest absolute Gasteiger partial charge is 0.300 e. The topological polar surface area (TPSA) is 40.6 Å². The maximum Gasteiger partial charge on any atom is 0.243 e. The summed E-state index contributed by atoms with van der Waals surface area (Å²) in [6, 6.07) is 12.8. The average Bonchev–Trinajstić information content (AvgIpc) is 2.61. The van der Waals surface area contributed by atoms with Crippen LogP contribution >= 0.6 is 11.6 Å². The Labute approximate surface area is 152 Å². The van der Waals surface area contributed by atoms with Gasteiger partial charge < -0.3 is 4.90 Å². The Morgan fingerprint density at radius 2 is 1.68 bits per heavy atom. The van der Waals surface area contributed by atoms with Crippen LogP contribution in [0.1, 0.15) is 5.56 Å². The SMILES string of the molecule is O=S(=O)(c1ccc(F)cc1)N1CCN(CCc2cccc(Cl)c2)CC1. The van der Waals surface area contributed by atoms with Crippen LogP contribution in [0.15, 0.2) is 53.4 Å². The summed E-state index contributed by atoms with van der Waals surface area (Å²) >= 11 is 5.99. The summed E-state index contributed by atoms with van der Waals surface area (Å²) in [7, 11) is -3.55. The maximum absolute atomic E-state index is 13.0. The van der Waals surface area contributed by atoms with Crippen LogP contribution in [-0.4, -0.2) is 50.3 Å². The van der Waals surface area contributed by atoms with E-state index in [0.717, 1.165) is 18.0 Å². The molecule has 7 heteroatoms. The summed E-state index contributed by atoms with van der Waals surface area (Å²) in [6.07, 6.45) is 0.880. The minimum absolute atomic E-state index is 0.140. The first-order chi connectivity index (χ1) is 11.9. The first kappa shape index (κ1) is 18.3. The second-order valence-corrected chi connectivity index (χ2v) is 8.45. The van der Waals surface area contributed by atoms with Crippen LogP contribution in [0.4, 0.5) is 4.39 Å². The highest BCUT2D eigenvalue weighted by molar-refractivity contribution is 7.89. The van der Waals surface area contributed by atoms with Gasteiger partial charge in [-0.25, -0.2) is 12.8 Å². The smallest absolute Gasteiger partial charge is 0.243 e. The summed E-state index contributed by atoms with van der Waals surface area (Å²) in [5.74, 6) is -0.440. The Kier molecular flexibility index (Phi) is 5.74. The molecule has 0 spiro atoms. The van der Waals surface area contributed by atoms with E-state index in [1.165, 1.54) is 34.1 Å². The van der Waals surface area contributed by atoms with Gasteiger partial charge in [-0.15, -0.1) is 0 Å². The van der Waals surface area contributed by atoms with Crippen molar-refractivity contribution in [3.63, 3.8) is 0 Å². The summed E-state index contributed by atoms with van der Waals surface area (Å²) in [5.41, 5.74) is 1.17. The van der Waals surface area contributed by atoms with E-state index in [1.54, 1.807) is 0 Å². The van der Waals surface area contributed by atoms with E-state index in [9.17, 15) is 12.8 Å². The van der Waals surface area contributed by atoms with Crippen molar-refractivity contribution in [1.82, 2.24) is 9.21 Å². The lowest BCUT2D eigenvalue weighted by molar-refractivity contribution is 0.190. The normalized spacial score (nSPS) is 16.9.